The van der Waals surface area contributed by atoms with Gasteiger partial charge in [0.1, 0.15) is 11.5 Å². The van der Waals surface area contributed by atoms with Crippen LogP contribution in [-0.4, -0.2) is 34.1 Å². The third-order valence-corrected chi connectivity index (χ3v) is 3.56. The Labute approximate surface area is 121 Å². The van der Waals surface area contributed by atoms with Gasteiger partial charge in [-0.1, -0.05) is 16.9 Å². The number of hydrogen-bond acceptors (Lipinski definition) is 6. The fraction of sp³-hybridized carbons (Fsp3) is 0.182. The summed E-state index contributed by atoms with van der Waals surface area (Å²) in [5.74, 6) is 0.0504. The van der Waals surface area contributed by atoms with Gasteiger partial charge in [0.2, 0.25) is 5.82 Å². The molecule has 1 N–H and O–H groups in total. The van der Waals surface area contributed by atoms with E-state index >= 15 is 0 Å². The molecule has 1 aromatic heterocycles. The molecule has 0 bridgehead atoms. The summed E-state index contributed by atoms with van der Waals surface area (Å²) in [5.41, 5.74) is 0.749. The molecule has 1 aromatic carbocycles. The van der Waals surface area contributed by atoms with E-state index in [-0.39, 0.29) is 11.0 Å². The highest BCUT2D eigenvalue weighted by molar-refractivity contribution is 9.10. The van der Waals surface area contributed by atoms with Gasteiger partial charge >= 0.3 is 5.97 Å². The average molecular weight is 345 g/mol. The van der Waals surface area contributed by atoms with Crippen molar-refractivity contribution in [1.29, 1.82) is 0 Å². The molecule has 1 heterocycles. The van der Waals surface area contributed by atoms with Crippen molar-refractivity contribution in [3.8, 4) is 17.1 Å². The first-order valence-electron chi connectivity index (χ1n) is 5.12. The van der Waals surface area contributed by atoms with Crippen LogP contribution in [0.2, 0.25) is 0 Å². The Morgan fingerprint density at radius 2 is 2.37 bits per heavy atom. The van der Waals surface area contributed by atoms with Crippen LogP contribution >= 0.6 is 27.7 Å². The lowest BCUT2D eigenvalue weighted by Gasteiger charge is -2.03. The zero-order valence-corrected chi connectivity index (χ0v) is 12.2. The zero-order chi connectivity index (χ0) is 13.8. The van der Waals surface area contributed by atoms with Crippen LogP contribution in [0.25, 0.3) is 11.4 Å². The number of ether oxygens (including phenoxy) is 1. The molecule has 0 amide bonds. The van der Waals surface area contributed by atoms with Gasteiger partial charge in [0.05, 0.1) is 11.6 Å². The molecule has 0 aliphatic heterocycles. The summed E-state index contributed by atoms with van der Waals surface area (Å²) >= 11 is 4.35. The Morgan fingerprint density at radius 3 is 3.00 bits per heavy atom. The monoisotopic (exact) mass is 344 g/mol. The first-order chi connectivity index (χ1) is 9.10. The standard InChI is InChI=1S/C11H9BrN2O4S/c1-17-8-3-2-6(4-7(8)12)10-13-11(18-14-10)19-5-9(15)16/h2-4H,5H2,1H3,(H,15,16). The minimum atomic E-state index is -0.933. The second kappa shape index (κ2) is 6.07. The van der Waals surface area contributed by atoms with E-state index in [1.165, 1.54) is 0 Å². The molecule has 2 aromatic rings. The van der Waals surface area contributed by atoms with Crippen LogP contribution in [0.4, 0.5) is 0 Å². The molecule has 100 valence electrons. The number of thioether (sulfide) groups is 1. The van der Waals surface area contributed by atoms with E-state index in [0.717, 1.165) is 21.8 Å². The predicted octanol–water partition coefficient (Wildman–Crippen LogP) is 2.68. The van der Waals surface area contributed by atoms with Crippen molar-refractivity contribution < 1.29 is 19.2 Å². The van der Waals surface area contributed by atoms with Crippen LogP contribution in [0, 0.1) is 0 Å². The number of carbonyl (C=O) groups is 1. The van der Waals surface area contributed by atoms with Crippen molar-refractivity contribution in [1.82, 2.24) is 10.1 Å². The number of rotatable bonds is 5. The van der Waals surface area contributed by atoms with Gasteiger partial charge in [0.25, 0.3) is 5.22 Å². The number of carboxylic acids is 1. The number of carboxylic acid groups (broad SMARTS) is 1. The summed E-state index contributed by atoms with van der Waals surface area (Å²) < 4.78 is 10.9. The number of nitrogens with zero attached hydrogens (tertiary/aromatic N) is 2. The fourth-order valence-corrected chi connectivity index (χ4v) is 2.34. The normalized spacial score (nSPS) is 10.4. The minimum absolute atomic E-state index is 0.117. The van der Waals surface area contributed by atoms with Gasteiger partial charge in [-0.25, -0.2) is 0 Å². The van der Waals surface area contributed by atoms with Gasteiger partial charge < -0.3 is 14.4 Å². The quantitative estimate of drug-likeness (QED) is 0.834. The number of hydrogen-bond donors (Lipinski definition) is 1. The van der Waals surface area contributed by atoms with Gasteiger partial charge in [-0.05, 0) is 34.1 Å². The number of aliphatic carboxylic acids is 1. The maximum absolute atomic E-state index is 10.4. The Hall–Kier alpha value is -1.54. The average Bonchev–Trinajstić information content (AvgIpc) is 2.85. The smallest absolute Gasteiger partial charge is 0.314 e. The lowest BCUT2D eigenvalue weighted by Crippen LogP contribution is -1.97. The molecular formula is C11H9BrN2O4S. The number of aromatic nitrogens is 2. The van der Waals surface area contributed by atoms with Crippen molar-refractivity contribution in [2.45, 2.75) is 5.22 Å². The third kappa shape index (κ3) is 3.48. The SMILES string of the molecule is COc1ccc(-c2noc(SCC(=O)O)n2)cc1Br. The minimum Gasteiger partial charge on any atom is -0.496 e. The van der Waals surface area contributed by atoms with E-state index in [1.807, 2.05) is 0 Å². The van der Waals surface area contributed by atoms with Gasteiger partial charge in [0.15, 0.2) is 0 Å². The van der Waals surface area contributed by atoms with Gasteiger partial charge in [-0.3, -0.25) is 4.79 Å². The first kappa shape index (κ1) is 13.9. The molecule has 0 spiro atoms. The molecule has 0 unspecified atom stereocenters. The Balaban J connectivity index is 2.18. The molecule has 0 atom stereocenters. The highest BCUT2D eigenvalue weighted by Crippen LogP contribution is 2.30. The van der Waals surface area contributed by atoms with Gasteiger partial charge in [-0.2, -0.15) is 4.98 Å². The van der Waals surface area contributed by atoms with Crippen molar-refractivity contribution in [3.05, 3.63) is 22.7 Å². The summed E-state index contributed by atoms with van der Waals surface area (Å²) in [4.78, 5) is 14.5. The lowest BCUT2D eigenvalue weighted by molar-refractivity contribution is -0.133. The van der Waals surface area contributed by atoms with E-state index in [0.29, 0.717) is 11.6 Å². The predicted molar refractivity (Wildman–Crippen MR) is 72.3 cm³/mol. The van der Waals surface area contributed by atoms with Crippen LogP contribution in [0.3, 0.4) is 0 Å². The van der Waals surface area contributed by atoms with E-state index in [2.05, 4.69) is 26.1 Å². The second-order valence-corrected chi connectivity index (χ2v) is 5.20. The number of benzene rings is 1. The van der Waals surface area contributed by atoms with Crippen LogP contribution in [-0.2, 0) is 4.79 Å². The van der Waals surface area contributed by atoms with Crippen molar-refractivity contribution >= 4 is 33.7 Å². The molecule has 2 rings (SSSR count). The molecule has 6 nitrogen and oxygen atoms in total. The Morgan fingerprint density at radius 1 is 1.58 bits per heavy atom. The van der Waals surface area contributed by atoms with E-state index in [9.17, 15) is 4.79 Å². The Bertz CT molecular complexity index is 602. The van der Waals surface area contributed by atoms with Crippen LogP contribution in [0.1, 0.15) is 0 Å². The third-order valence-electron chi connectivity index (χ3n) is 2.14. The molecule has 19 heavy (non-hydrogen) atoms. The molecular weight excluding hydrogens is 336 g/mol. The molecule has 0 saturated carbocycles. The van der Waals surface area contributed by atoms with Gasteiger partial charge in [-0.15, -0.1) is 0 Å². The molecule has 0 aliphatic rings. The van der Waals surface area contributed by atoms with Gasteiger partial charge in [0, 0.05) is 5.56 Å². The Kier molecular flexibility index (Phi) is 4.43. The molecule has 0 fully saturated rings. The van der Waals surface area contributed by atoms with E-state index < -0.39 is 5.97 Å². The molecule has 0 aliphatic carbocycles. The first-order valence-corrected chi connectivity index (χ1v) is 6.90. The number of halogens is 1. The molecule has 8 heteroatoms. The molecule has 0 saturated heterocycles. The summed E-state index contributed by atoms with van der Waals surface area (Å²) in [7, 11) is 1.58. The van der Waals surface area contributed by atoms with Crippen LogP contribution in [0.5, 0.6) is 5.75 Å². The second-order valence-electron chi connectivity index (χ2n) is 3.42. The topological polar surface area (TPSA) is 85.5 Å². The lowest BCUT2D eigenvalue weighted by atomic mass is 10.2. The summed E-state index contributed by atoms with van der Waals surface area (Å²) in [6, 6.07) is 5.37. The fourth-order valence-electron chi connectivity index (χ4n) is 1.31. The van der Waals surface area contributed by atoms with E-state index in [1.54, 1.807) is 25.3 Å². The number of methoxy groups -OCH3 is 1. The molecule has 0 radical (unpaired) electrons. The largest absolute Gasteiger partial charge is 0.496 e. The summed E-state index contributed by atoms with van der Waals surface area (Å²) in [6.45, 7) is 0. The highest BCUT2D eigenvalue weighted by atomic mass is 79.9. The van der Waals surface area contributed by atoms with Crippen molar-refractivity contribution in [2.75, 3.05) is 12.9 Å². The summed E-state index contributed by atoms with van der Waals surface area (Å²) in [6.07, 6.45) is 0. The van der Waals surface area contributed by atoms with Crippen molar-refractivity contribution in [3.63, 3.8) is 0 Å². The summed E-state index contributed by atoms with van der Waals surface area (Å²) in [5, 5.41) is 12.6. The highest BCUT2D eigenvalue weighted by Gasteiger charge is 2.12. The van der Waals surface area contributed by atoms with Crippen LogP contribution in [0.15, 0.2) is 32.4 Å². The van der Waals surface area contributed by atoms with E-state index in [4.69, 9.17) is 14.4 Å². The zero-order valence-electron chi connectivity index (χ0n) is 9.79. The maximum atomic E-state index is 10.4. The van der Waals surface area contributed by atoms with Crippen molar-refractivity contribution in [2.24, 2.45) is 0 Å². The van der Waals surface area contributed by atoms with Crippen LogP contribution < -0.4 is 4.74 Å². The maximum Gasteiger partial charge on any atom is 0.314 e.